The monoisotopic (exact) mass is 1070 g/mol. The number of methoxy groups -OCH3 is 2. The highest BCUT2D eigenvalue weighted by Gasteiger charge is 2.40. The minimum atomic E-state index is -4.73. The molecule has 2 aliphatic carbocycles. The van der Waals surface area contributed by atoms with Gasteiger partial charge >= 0.3 is 6.18 Å². The molecule has 76 heavy (non-hydrogen) atoms. The van der Waals surface area contributed by atoms with E-state index in [0.29, 0.717) is 69.8 Å². The second kappa shape index (κ2) is 22.4. The van der Waals surface area contributed by atoms with Crippen molar-refractivity contribution in [3.8, 4) is 46.0 Å². The second-order valence-corrected chi connectivity index (χ2v) is 18.5. The number of Topliss-reactive ketones (excluding diaryl/α,β-unsaturated/α-hetero) is 2. The maximum absolute atomic E-state index is 15.0. The van der Waals surface area contributed by atoms with Crippen LogP contribution in [0, 0.1) is 11.6 Å². The van der Waals surface area contributed by atoms with E-state index >= 15 is 4.39 Å². The Kier molecular flexibility index (Phi) is 15.9. The largest absolute Gasteiger partial charge is 0.493 e. The predicted octanol–water partition coefficient (Wildman–Crippen LogP) is 10.4. The third kappa shape index (κ3) is 13.2. The first kappa shape index (κ1) is 54.1. The lowest BCUT2D eigenvalue weighted by Crippen LogP contribution is -2.29. The van der Waals surface area contributed by atoms with Gasteiger partial charge in [-0.25, -0.2) is 8.78 Å². The molecule has 0 spiro atoms. The third-order valence-corrected chi connectivity index (χ3v) is 12.5. The van der Waals surface area contributed by atoms with Gasteiger partial charge in [0.15, 0.2) is 46.1 Å². The molecule has 2 fully saturated rings. The van der Waals surface area contributed by atoms with E-state index in [-0.39, 0.29) is 51.7 Å². The van der Waals surface area contributed by atoms with Crippen LogP contribution in [-0.2, 0) is 31.8 Å². The van der Waals surface area contributed by atoms with E-state index in [1.54, 1.807) is 43.5 Å². The smallest absolute Gasteiger partial charge is 0.417 e. The summed E-state index contributed by atoms with van der Waals surface area (Å²) in [4.78, 5) is 56.6. The van der Waals surface area contributed by atoms with Gasteiger partial charge in [0.2, 0.25) is 11.6 Å². The number of hydrogen-bond acceptors (Lipinski definition) is 14. The summed E-state index contributed by atoms with van der Waals surface area (Å²) in [5.74, 6) is -2.87. The predicted molar refractivity (Wildman–Crippen MR) is 271 cm³/mol. The van der Waals surface area contributed by atoms with Crippen LogP contribution in [0.3, 0.4) is 0 Å². The Morgan fingerprint density at radius 1 is 0.605 bits per heavy atom. The summed E-state index contributed by atoms with van der Waals surface area (Å²) in [6.07, 6.45) is 1.33. The van der Waals surface area contributed by atoms with Crippen LogP contribution < -0.4 is 50.5 Å². The Morgan fingerprint density at radius 3 is 1.47 bits per heavy atom. The topological polar surface area (TPSA) is 226 Å². The SMILES string of the molecule is CCC(=O)C(=O)Nc1ccc(Oc2ccnc3cc(OCC4(N)CC4)c(OC)cc23)c(F)c1.COc1cc2c(Oc3ccc(NC(=O)C(=O)Cc4ccc(Cl)c(C(F)(F)F)c4)cc3F)ccnc2cc1OCC1(N)CC1. The van der Waals surface area contributed by atoms with Crippen molar-refractivity contribution in [2.75, 3.05) is 38.1 Å². The molecule has 0 saturated heterocycles. The van der Waals surface area contributed by atoms with Gasteiger partial charge in [-0.15, -0.1) is 0 Å². The molecule has 0 atom stereocenters. The summed E-state index contributed by atoms with van der Waals surface area (Å²) in [5, 5.41) is 5.20. The normalized spacial score (nSPS) is 13.9. The highest BCUT2D eigenvalue weighted by Crippen LogP contribution is 2.42. The van der Waals surface area contributed by atoms with Crippen LogP contribution in [-0.4, -0.2) is 71.9 Å². The lowest BCUT2D eigenvalue weighted by molar-refractivity contribution is -0.137. The number of carbonyl (C=O) groups is 4. The standard InChI is InChI=1S/C30H24ClF4N3O5.C24H24FN3O5/c1-41-26-13-18-22(14-27(26)42-15-29(36)7-8-29)37-9-6-24(18)43-25-5-3-17(12-21(25)32)38-28(40)23(39)11-16-2-4-20(31)19(10-16)30(33,34)35;1-3-18(29)23(30)28-14-4-5-20(16(25)10-14)33-19-6-9-27-17-12-22(21(31-2)11-15(17)19)32-13-24(26)7-8-24/h2-6,9-10,12-14H,7-8,11,15,36H2,1H3,(H,38,40);4-6,9-12H,3,7-8,13,26H2,1-2H3,(H,28,30). The molecule has 2 heterocycles. The van der Waals surface area contributed by atoms with Gasteiger partial charge in [-0.3, -0.25) is 29.1 Å². The molecule has 2 aliphatic rings. The van der Waals surface area contributed by atoms with Crippen LogP contribution in [0.2, 0.25) is 5.02 Å². The number of fused-ring (bicyclic) bond motifs is 2. The third-order valence-electron chi connectivity index (χ3n) is 12.1. The average molecular weight is 1070 g/mol. The first-order valence-corrected chi connectivity index (χ1v) is 23.8. The molecular weight excluding hydrogens is 1020 g/mol. The molecule has 0 radical (unpaired) electrons. The van der Waals surface area contributed by atoms with E-state index in [1.807, 2.05) is 0 Å². The van der Waals surface area contributed by atoms with E-state index in [9.17, 15) is 36.7 Å². The molecule has 6 N–H and O–H groups in total. The fourth-order valence-corrected chi connectivity index (χ4v) is 7.54. The van der Waals surface area contributed by atoms with Crippen LogP contribution in [0.15, 0.2) is 103 Å². The number of nitrogens with one attached hydrogen (secondary N) is 2. The van der Waals surface area contributed by atoms with E-state index in [4.69, 9.17) is 51.5 Å². The zero-order valence-corrected chi connectivity index (χ0v) is 41.6. The van der Waals surface area contributed by atoms with Crippen LogP contribution in [0.1, 0.15) is 50.2 Å². The van der Waals surface area contributed by atoms with E-state index in [0.717, 1.165) is 43.9 Å². The van der Waals surface area contributed by atoms with Crippen molar-refractivity contribution in [1.82, 2.24) is 9.97 Å². The van der Waals surface area contributed by atoms with Gasteiger partial charge in [-0.2, -0.15) is 13.2 Å². The number of rotatable bonds is 19. The van der Waals surface area contributed by atoms with Crippen LogP contribution >= 0.6 is 11.6 Å². The van der Waals surface area contributed by atoms with Gasteiger partial charge in [-0.05, 0) is 91.9 Å². The number of carbonyl (C=O) groups excluding carboxylic acids is 4. The molecule has 9 rings (SSSR count). The minimum absolute atomic E-state index is 0.0552. The first-order valence-electron chi connectivity index (χ1n) is 23.4. The molecule has 7 aromatic rings. The molecule has 2 aromatic heterocycles. The summed E-state index contributed by atoms with van der Waals surface area (Å²) in [6, 6.07) is 20.3. The summed E-state index contributed by atoms with van der Waals surface area (Å²) in [6.45, 7) is 2.28. The quantitative estimate of drug-likeness (QED) is 0.0437. The zero-order chi connectivity index (χ0) is 54.5. The van der Waals surface area contributed by atoms with Crippen LogP contribution in [0.4, 0.5) is 33.3 Å². The Balaban J connectivity index is 0.000000209. The molecule has 396 valence electrons. The number of halogens is 6. The maximum Gasteiger partial charge on any atom is 0.417 e. The van der Waals surface area contributed by atoms with Crippen LogP contribution in [0.5, 0.6) is 46.0 Å². The van der Waals surface area contributed by atoms with Gasteiger partial charge in [0.1, 0.15) is 24.7 Å². The van der Waals surface area contributed by atoms with E-state index < -0.39 is 58.2 Å². The number of benzene rings is 5. The number of amides is 2. The first-order chi connectivity index (χ1) is 36.2. The molecule has 2 saturated carbocycles. The van der Waals surface area contributed by atoms with Crippen molar-refractivity contribution in [2.24, 2.45) is 11.5 Å². The molecule has 0 aliphatic heterocycles. The summed E-state index contributed by atoms with van der Waals surface area (Å²) in [7, 11) is 3.00. The van der Waals surface area contributed by atoms with Gasteiger partial charge in [0.05, 0.1) is 46.9 Å². The fourth-order valence-electron chi connectivity index (χ4n) is 7.32. The van der Waals surface area contributed by atoms with Crippen molar-refractivity contribution in [3.05, 3.63) is 131 Å². The number of aromatic nitrogens is 2. The zero-order valence-electron chi connectivity index (χ0n) is 40.9. The molecule has 2 amide bonds. The average Bonchev–Trinajstić information content (AvgIpc) is 4.33. The molecule has 0 bridgehead atoms. The van der Waals surface area contributed by atoms with Crippen molar-refractivity contribution >= 4 is 68.2 Å². The number of alkyl halides is 3. The highest BCUT2D eigenvalue weighted by atomic mass is 35.5. The van der Waals surface area contributed by atoms with Gasteiger partial charge in [-0.1, -0.05) is 24.6 Å². The fraction of sp³-hybridized carbons (Fsp3) is 0.259. The number of hydrogen-bond donors (Lipinski definition) is 4. The molecule has 16 nitrogen and oxygen atoms in total. The molecule has 0 unspecified atom stereocenters. The maximum atomic E-state index is 15.0. The van der Waals surface area contributed by atoms with Crippen LogP contribution in [0.25, 0.3) is 21.8 Å². The van der Waals surface area contributed by atoms with E-state index in [1.165, 1.54) is 56.8 Å². The number of ketones is 2. The minimum Gasteiger partial charge on any atom is -0.493 e. The number of nitrogens with two attached hydrogens (primary N) is 2. The van der Waals surface area contributed by atoms with Gasteiger partial charge < -0.3 is 50.5 Å². The second-order valence-electron chi connectivity index (χ2n) is 18.1. The Labute approximate surface area is 435 Å². The van der Waals surface area contributed by atoms with Crippen molar-refractivity contribution in [1.29, 1.82) is 0 Å². The van der Waals surface area contributed by atoms with Crippen molar-refractivity contribution < 1.29 is 69.6 Å². The lowest BCUT2D eigenvalue weighted by atomic mass is 10.0. The molecule has 22 heteroatoms. The molecule has 5 aromatic carbocycles. The number of pyridine rings is 2. The summed E-state index contributed by atoms with van der Waals surface area (Å²) >= 11 is 5.59. The summed E-state index contributed by atoms with van der Waals surface area (Å²) < 4.78 is 103. The summed E-state index contributed by atoms with van der Waals surface area (Å²) in [5.41, 5.74) is 11.6. The van der Waals surface area contributed by atoms with Crippen molar-refractivity contribution in [2.45, 2.75) is 62.7 Å². The Hall–Kier alpha value is -8.14. The number of anilines is 2. The Morgan fingerprint density at radius 2 is 1.07 bits per heavy atom. The van der Waals surface area contributed by atoms with Gasteiger partial charge in [0.25, 0.3) is 11.8 Å². The van der Waals surface area contributed by atoms with Crippen molar-refractivity contribution in [3.63, 3.8) is 0 Å². The number of ether oxygens (including phenoxy) is 6. The van der Waals surface area contributed by atoms with E-state index in [2.05, 4.69) is 20.6 Å². The lowest BCUT2D eigenvalue weighted by Gasteiger charge is -2.16. The Bertz CT molecular complexity index is 3390. The molecular formula is C54H48ClF5N6O10. The highest BCUT2D eigenvalue weighted by molar-refractivity contribution is 6.41. The van der Waals surface area contributed by atoms with Gasteiger partial charge in [0, 0.05) is 71.6 Å². The number of nitrogens with zero attached hydrogens (tertiary/aromatic N) is 2.